The molecule has 3 aromatic rings. The predicted molar refractivity (Wildman–Crippen MR) is 110 cm³/mol. The molecule has 6 heteroatoms. The Balaban J connectivity index is 1.43. The molecule has 1 aromatic heterocycles. The van der Waals surface area contributed by atoms with E-state index in [1.165, 1.54) is 0 Å². The van der Waals surface area contributed by atoms with E-state index in [1.807, 2.05) is 55.5 Å². The maximum absolute atomic E-state index is 12.0. The first-order chi connectivity index (χ1) is 14.2. The van der Waals surface area contributed by atoms with Crippen LogP contribution in [0.25, 0.3) is 11.3 Å². The van der Waals surface area contributed by atoms with Gasteiger partial charge in [0.25, 0.3) is 5.91 Å². The molecule has 0 aliphatic carbocycles. The molecule has 0 saturated carbocycles. The van der Waals surface area contributed by atoms with Crippen LogP contribution in [0, 0.1) is 0 Å². The number of furan rings is 1. The SMILES string of the molecule is CCOc1ccccc1NC(=O)COC(=O)CCc1ccc(-c2ccccc2)o1. The van der Waals surface area contributed by atoms with E-state index in [-0.39, 0.29) is 13.0 Å². The molecule has 2 aromatic carbocycles. The van der Waals surface area contributed by atoms with Gasteiger partial charge in [0.05, 0.1) is 18.7 Å². The third-order valence-corrected chi connectivity index (χ3v) is 4.12. The number of para-hydroxylation sites is 2. The zero-order valence-corrected chi connectivity index (χ0v) is 16.2. The fourth-order valence-corrected chi connectivity index (χ4v) is 2.75. The topological polar surface area (TPSA) is 77.8 Å². The lowest BCUT2D eigenvalue weighted by molar-refractivity contribution is -0.147. The van der Waals surface area contributed by atoms with E-state index in [9.17, 15) is 9.59 Å². The summed E-state index contributed by atoms with van der Waals surface area (Å²) >= 11 is 0. The fourth-order valence-electron chi connectivity index (χ4n) is 2.75. The summed E-state index contributed by atoms with van der Waals surface area (Å²) in [5.41, 5.74) is 1.52. The van der Waals surface area contributed by atoms with Gasteiger partial charge in [0.15, 0.2) is 6.61 Å². The van der Waals surface area contributed by atoms with E-state index < -0.39 is 11.9 Å². The minimum absolute atomic E-state index is 0.130. The van der Waals surface area contributed by atoms with Gasteiger partial charge in [-0.2, -0.15) is 0 Å². The maximum atomic E-state index is 12.0. The number of rotatable bonds is 9. The molecular weight excluding hydrogens is 370 g/mol. The first-order valence-corrected chi connectivity index (χ1v) is 9.47. The summed E-state index contributed by atoms with van der Waals surface area (Å²) in [6.45, 7) is 2.00. The van der Waals surface area contributed by atoms with Crippen molar-refractivity contribution in [3.8, 4) is 17.1 Å². The molecule has 0 saturated heterocycles. The highest BCUT2D eigenvalue weighted by molar-refractivity contribution is 5.94. The van der Waals surface area contributed by atoms with Crippen molar-refractivity contribution >= 4 is 17.6 Å². The first-order valence-electron chi connectivity index (χ1n) is 9.47. The van der Waals surface area contributed by atoms with Crippen LogP contribution in [0.3, 0.4) is 0 Å². The van der Waals surface area contributed by atoms with Crippen LogP contribution in [0.4, 0.5) is 5.69 Å². The van der Waals surface area contributed by atoms with Crippen molar-refractivity contribution in [1.29, 1.82) is 0 Å². The van der Waals surface area contributed by atoms with Crippen molar-refractivity contribution in [2.75, 3.05) is 18.5 Å². The number of carbonyl (C=O) groups excluding carboxylic acids is 2. The summed E-state index contributed by atoms with van der Waals surface area (Å²) in [6.07, 6.45) is 0.533. The Morgan fingerprint density at radius 3 is 2.52 bits per heavy atom. The maximum Gasteiger partial charge on any atom is 0.306 e. The first kappa shape index (κ1) is 20.2. The largest absolute Gasteiger partial charge is 0.492 e. The molecule has 0 radical (unpaired) electrons. The fraction of sp³-hybridized carbons (Fsp3) is 0.217. The van der Waals surface area contributed by atoms with E-state index in [1.54, 1.807) is 18.2 Å². The molecule has 29 heavy (non-hydrogen) atoms. The van der Waals surface area contributed by atoms with Gasteiger partial charge >= 0.3 is 5.97 Å². The Bertz CT molecular complexity index is 949. The van der Waals surface area contributed by atoms with Gasteiger partial charge in [0, 0.05) is 12.0 Å². The quantitative estimate of drug-likeness (QED) is 0.543. The summed E-state index contributed by atoms with van der Waals surface area (Å²) in [5, 5.41) is 2.69. The number of hydrogen-bond donors (Lipinski definition) is 1. The molecule has 1 N–H and O–H groups in total. The second-order valence-electron chi connectivity index (χ2n) is 6.27. The molecule has 3 rings (SSSR count). The smallest absolute Gasteiger partial charge is 0.306 e. The minimum atomic E-state index is -0.462. The second kappa shape index (κ2) is 10.1. The van der Waals surface area contributed by atoms with Gasteiger partial charge in [-0.25, -0.2) is 0 Å². The molecular formula is C23H23NO5. The third kappa shape index (κ3) is 5.97. The highest BCUT2D eigenvalue weighted by atomic mass is 16.5. The van der Waals surface area contributed by atoms with Gasteiger partial charge < -0.3 is 19.2 Å². The Kier molecular flexibility index (Phi) is 7.05. The monoisotopic (exact) mass is 393 g/mol. The minimum Gasteiger partial charge on any atom is -0.492 e. The van der Waals surface area contributed by atoms with Crippen molar-refractivity contribution in [2.45, 2.75) is 19.8 Å². The van der Waals surface area contributed by atoms with Crippen LogP contribution in [0.5, 0.6) is 5.75 Å². The number of ether oxygens (including phenoxy) is 2. The average Bonchev–Trinajstić information content (AvgIpc) is 3.22. The number of carbonyl (C=O) groups is 2. The molecule has 1 heterocycles. The summed E-state index contributed by atoms with van der Waals surface area (Å²) in [5.74, 6) is 1.13. The predicted octanol–water partition coefficient (Wildman–Crippen LogP) is 4.46. The van der Waals surface area contributed by atoms with E-state index in [0.29, 0.717) is 30.2 Å². The molecule has 0 spiro atoms. The van der Waals surface area contributed by atoms with Gasteiger partial charge in [-0.05, 0) is 31.2 Å². The Hall–Kier alpha value is -3.54. The van der Waals surface area contributed by atoms with E-state index in [4.69, 9.17) is 13.9 Å². The van der Waals surface area contributed by atoms with Crippen LogP contribution < -0.4 is 10.1 Å². The van der Waals surface area contributed by atoms with Crippen molar-refractivity contribution in [3.63, 3.8) is 0 Å². The van der Waals surface area contributed by atoms with Crippen LogP contribution in [0.2, 0.25) is 0 Å². The third-order valence-electron chi connectivity index (χ3n) is 4.12. The Labute approximate surface area is 169 Å². The standard InChI is InChI=1S/C23H23NO5/c1-2-27-21-11-7-6-10-19(21)24-22(25)16-28-23(26)15-13-18-12-14-20(29-18)17-8-4-3-5-9-17/h3-12,14H,2,13,15-16H2,1H3,(H,24,25). The van der Waals surface area contributed by atoms with Crippen LogP contribution in [-0.2, 0) is 20.7 Å². The molecule has 6 nitrogen and oxygen atoms in total. The lowest BCUT2D eigenvalue weighted by atomic mass is 10.2. The molecule has 150 valence electrons. The number of nitrogens with one attached hydrogen (secondary N) is 1. The zero-order valence-electron chi connectivity index (χ0n) is 16.2. The molecule has 0 aliphatic heterocycles. The highest BCUT2D eigenvalue weighted by Crippen LogP contribution is 2.24. The molecule has 0 fully saturated rings. The van der Waals surface area contributed by atoms with Gasteiger partial charge in [-0.1, -0.05) is 42.5 Å². The second-order valence-corrected chi connectivity index (χ2v) is 6.27. The van der Waals surface area contributed by atoms with Gasteiger partial charge in [-0.15, -0.1) is 0 Å². The number of aryl methyl sites for hydroxylation is 1. The van der Waals surface area contributed by atoms with Crippen LogP contribution >= 0.6 is 0 Å². The lowest BCUT2D eigenvalue weighted by Crippen LogP contribution is -2.21. The van der Waals surface area contributed by atoms with Gasteiger partial charge in [0.1, 0.15) is 17.3 Å². The molecule has 1 amide bonds. The molecule has 0 unspecified atom stereocenters. The van der Waals surface area contributed by atoms with E-state index in [2.05, 4.69) is 5.32 Å². The summed E-state index contributed by atoms with van der Waals surface area (Å²) in [4.78, 5) is 24.0. The summed E-state index contributed by atoms with van der Waals surface area (Å²) in [7, 11) is 0. The molecule has 0 atom stereocenters. The van der Waals surface area contributed by atoms with Crippen molar-refractivity contribution in [1.82, 2.24) is 0 Å². The average molecular weight is 393 g/mol. The van der Waals surface area contributed by atoms with Crippen LogP contribution in [-0.4, -0.2) is 25.1 Å². The number of anilines is 1. The van der Waals surface area contributed by atoms with Gasteiger partial charge in [-0.3, -0.25) is 9.59 Å². The van der Waals surface area contributed by atoms with Crippen molar-refractivity contribution in [3.05, 3.63) is 72.5 Å². The Morgan fingerprint density at radius 2 is 1.72 bits per heavy atom. The molecule has 0 aliphatic rings. The lowest BCUT2D eigenvalue weighted by Gasteiger charge is -2.11. The summed E-state index contributed by atoms with van der Waals surface area (Å²) in [6, 6.07) is 20.5. The van der Waals surface area contributed by atoms with Crippen LogP contribution in [0.15, 0.2) is 71.1 Å². The van der Waals surface area contributed by atoms with E-state index >= 15 is 0 Å². The highest BCUT2D eigenvalue weighted by Gasteiger charge is 2.12. The molecule has 0 bridgehead atoms. The van der Waals surface area contributed by atoms with Gasteiger partial charge in [0.2, 0.25) is 0 Å². The Morgan fingerprint density at radius 1 is 0.966 bits per heavy atom. The number of esters is 1. The van der Waals surface area contributed by atoms with Crippen molar-refractivity contribution < 1.29 is 23.5 Å². The number of benzene rings is 2. The van der Waals surface area contributed by atoms with Crippen LogP contribution in [0.1, 0.15) is 19.1 Å². The number of hydrogen-bond acceptors (Lipinski definition) is 5. The zero-order chi connectivity index (χ0) is 20.5. The normalized spacial score (nSPS) is 10.4. The number of amides is 1. The summed E-state index contributed by atoms with van der Waals surface area (Å²) < 4.78 is 16.3. The van der Waals surface area contributed by atoms with Crippen molar-refractivity contribution in [2.24, 2.45) is 0 Å². The van der Waals surface area contributed by atoms with E-state index in [0.717, 1.165) is 11.3 Å².